The van der Waals surface area contributed by atoms with E-state index < -0.39 is 0 Å². The van der Waals surface area contributed by atoms with Crippen molar-refractivity contribution >= 4 is 32.8 Å². The molecule has 0 radical (unpaired) electrons. The normalized spacial score (nSPS) is 16.4. The van der Waals surface area contributed by atoms with Crippen LogP contribution in [-0.4, -0.2) is 36.2 Å². The van der Waals surface area contributed by atoms with E-state index in [0.29, 0.717) is 0 Å². The zero-order valence-electron chi connectivity index (χ0n) is 12.5. The number of hydrogen-bond donors (Lipinski definition) is 0. The van der Waals surface area contributed by atoms with E-state index >= 15 is 0 Å². The fourth-order valence-corrected chi connectivity index (χ4v) is 4.93. The Morgan fingerprint density at radius 2 is 2.05 bits per heavy atom. The van der Waals surface area contributed by atoms with Gasteiger partial charge in [0.1, 0.15) is 5.01 Å². The Morgan fingerprint density at radius 1 is 1.23 bits per heavy atom. The van der Waals surface area contributed by atoms with Gasteiger partial charge in [0.2, 0.25) is 0 Å². The maximum Gasteiger partial charge on any atom is 0.107 e. The van der Waals surface area contributed by atoms with Crippen LogP contribution >= 0.6 is 22.7 Å². The van der Waals surface area contributed by atoms with E-state index in [1.807, 2.05) is 11.3 Å². The van der Waals surface area contributed by atoms with E-state index in [1.54, 1.807) is 11.3 Å². The van der Waals surface area contributed by atoms with Crippen LogP contribution in [-0.2, 0) is 11.3 Å². The highest BCUT2D eigenvalue weighted by atomic mass is 32.1. The molecule has 114 valence electrons. The predicted octanol–water partition coefficient (Wildman–Crippen LogP) is 4.17. The molecule has 0 atom stereocenters. The Morgan fingerprint density at radius 3 is 2.86 bits per heavy atom. The number of thiophene rings is 1. The van der Waals surface area contributed by atoms with Gasteiger partial charge in [0.25, 0.3) is 0 Å². The first-order valence-electron chi connectivity index (χ1n) is 7.54. The second-order valence-electron chi connectivity index (χ2n) is 5.57. The Bertz CT molecular complexity index is 787. The molecule has 1 aliphatic rings. The van der Waals surface area contributed by atoms with Gasteiger partial charge in [-0.15, -0.1) is 22.7 Å². The smallest absolute Gasteiger partial charge is 0.107 e. The number of morpholine rings is 1. The Balaban J connectivity index is 1.61. The molecule has 3 heterocycles. The molecule has 0 N–H and O–H groups in total. The van der Waals surface area contributed by atoms with Gasteiger partial charge in [-0.2, -0.15) is 0 Å². The van der Waals surface area contributed by atoms with Crippen molar-refractivity contribution in [2.75, 3.05) is 26.3 Å². The van der Waals surface area contributed by atoms with Crippen molar-refractivity contribution < 1.29 is 4.74 Å². The minimum absolute atomic E-state index is 0.841. The Labute approximate surface area is 138 Å². The lowest BCUT2D eigenvalue weighted by Crippen LogP contribution is -2.35. The molecule has 0 bridgehead atoms. The number of hydrogen-bond acceptors (Lipinski definition) is 5. The van der Waals surface area contributed by atoms with Crippen LogP contribution in [0.15, 0.2) is 29.6 Å². The quantitative estimate of drug-likeness (QED) is 0.721. The van der Waals surface area contributed by atoms with Gasteiger partial charge in [-0.3, -0.25) is 4.90 Å². The zero-order chi connectivity index (χ0) is 14.9. The van der Waals surface area contributed by atoms with E-state index in [9.17, 15) is 0 Å². The summed E-state index contributed by atoms with van der Waals surface area (Å²) in [6, 6.07) is 8.60. The number of thiazole rings is 1. The van der Waals surface area contributed by atoms with Gasteiger partial charge >= 0.3 is 0 Å². The number of aromatic nitrogens is 1. The Hall–Kier alpha value is -1.27. The van der Waals surface area contributed by atoms with Gasteiger partial charge in [-0.25, -0.2) is 4.98 Å². The van der Waals surface area contributed by atoms with Gasteiger partial charge in [0.05, 0.1) is 30.3 Å². The fraction of sp³-hybridized carbons (Fsp3) is 0.353. The third-order valence-electron chi connectivity index (χ3n) is 4.09. The van der Waals surface area contributed by atoms with Crippen LogP contribution in [0.4, 0.5) is 0 Å². The van der Waals surface area contributed by atoms with E-state index in [0.717, 1.165) is 38.5 Å². The molecule has 1 saturated heterocycles. The molecular weight excluding hydrogens is 312 g/mol. The molecule has 22 heavy (non-hydrogen) atoms. The highest BCUT2D eigenvalue weighted by molar-refractivity contribution is 7.22. The Kier molecular flexibility index (Phi) is 3.96. The second kappa shape index (κ2) is 6.08. The van der Waals surface area contributed by atoms with Gasteiger partial charge < -0.3 is 4.74 Å². The van der Waals surface area contributed by atoms with Crippen LogP contribution in [0.25, 0.3) is 20.7 Å². The van der Waals surface area contributed by atoms with Crippen LogP contribution in [0.1, 0.15) is 10.6 Å². The van der Waals surface area contributed by atoms with Crippen LogP contribution in [0.2, 0.25) is 0 Å². The van der Waals surface area contributed by atoms with Gasteiger partial charge in [-0.05, 0) is 23.9 Å². The van der Waals surface area contributed by atoms with Crippen LogP contribution in [0, 0.1) is 6.92 Å². The lowest BCUT2D eigenvalue weighted by atomic mass is 10.1. The third kappa shape index (κ3) is 2.70. The average molecular weight is 330 g/mol. The molecule has 5 heteroatoms. The number of benzene rings is 1. The lowest BCUT2D eigenvalue weighted by molar-refractivity contribution is 0.0342. The SMILES string of the molecule is Cc1c(-c2csc(CN3CCOCC3)n2)sc2ccccc12. The van der Waals surface area contributed by atoms with Crippen molar-refractivity contribution in [2.24, 2.45) is 0 Å². The van der Waals surface area contributed by atoms with Gasteiger partial charge in [0.15, 0.2) is 0 Å². The molecule has 0 saturated carbocycles. The maximum atomic E-state index is 5.40. The molecule has 1 fully saturated rings. The first-order chi connectivity index (χ1) is 10.8. The molecule has 0 spiro atoms. The summed E-state index contributed by atoms with van der Waals surface area (Å²) in [4.78, 5) is 8.61. The van der Waals surface area contributed by atoms with Crippen molar-refractivity contribution in [1.82, 2.24) is 9.88 Å². The summed E-state index contributed by atoms with van der Waals surface area (Å²) in [7, 11) is 0. The summed E-state index contributed by atoms with van der Waals surface area (Å²) in [5.41, 5.74) is 2.48. The molecular formula is C17H18N2OS2. The molecule has 0 unspecified atom stereocenters. The van der Waals surface area contributed by atoms with Gasteiger partial charge in [-0.1, -0.05) is 18.2 Å². The van der Waals surface area contributed by atoms with Gasteiger partial charge in [0, 0.05) is 23.2 Å². The first-order valence-corrected chi connectivity index (χ1v) is 9.24. The largest absolute Gasteiger partial charge is 0.379 e. The highest BCUT2D eigenvalue weighted by Gasteiger charge is 2.16. The van der Waals surface area contributed by atoms with Crippen LogP contribution in [0.5, 0.6) is 0 Å². The van der Waals surface area contributed by atoms with Crippen molar-refractivity contribution in [1.29, 1.82) is 0 Å². The topological polar surface area (TPSA) is 25.4 Å². The third-order valence-corrected chi connectivity index (χ3v) is 6.22. The average Bonchev–Trinajstić information content (AvgIpc) is 3.14. The summed E-state index contributed by atoms with van der Waals surface area (Å²) < 4.78 is 6.75. The highest BCUT2D eigenvalue weighted by Crippen LogP contribution is 2.38. The standard InChI is InChI=1S/C17H18N2OS2/c1-12-13-4-2-3-5-15(13)22-17(12)14-11-21-16(18-14)10-19-6-8-20-9-7-19/h2-5,11H,6-10H2,1H3. The number of ether oxygens (including phenoxy) is 1. The molecule has 1 aliphatic heterocycles. The van der Waals surface area contributed by atoms with E-state index in [2.05, 4.69) is 41.5 Å². The second-order valence-corrected chi connectivity index (χ2v) is 7.56. The van der Waals surface area contributed by atoms with Crippen molar-refractivity contribution in [3.8, 4) is 10.6 Å². The summed E-state index contributed by atoms with van der Waals surface area (Å²) in [5, 5.41) is 4.76. The molecule has 1 aromatic carbocycles. The zero-order valence-corrected chi connectivity index (χ0v) is 14.2. The molecule has 3 nitrogen and oxygen atoms in total. The molecule has 0 amide bonds. The summed E-state index contributed by atoms with van der Waals surface area (Å²) in [6.45, 7) is 6.85. The number of rotatable bonds is 3. The first kappa shape index (κ1) is 14.3. The molecule has 0 aliphatic carbocycles. The minimum Gasteiger partial charge on any atom is -0.379 e. The van der Waals surface area contributed by atoms with Crippen LogP contribution < -0.4 is 0 Å². The predicted molar refractivity (Wildman–Crippen MR) is 93.8 cm³/mol. The molecule has 3 aromatic rings. The minimum atomic E-state index is 0.841. The summed E-state index contributed by atoms with van der Waals surface area (Å²) >= 11 is 3.62. The summed E-state index contributed by atoms with van der Waals surface area (Å²) in [6.07, 6.45) is 0. The molecule has 2 aromatic heterocycles. The molecule has 4 rings (SSSR count). The van der Waals surface area contributed by atoms with Crippen molar-refractivity contribution in [3.05, 3.63) is 40.2 Å². The van der Waals surface area contributed by atoms with E-state index in [-0.39, 0.29) is 0 Å². The van der Waals surface area contributed by atoms with Crippen molar-refractivity contribution in [2.45, 2.75) is 13.5 Å². The number of aryl methyl sites for hydroxylation is 1. The number of nitrogens with zero attached hydrogens (tertiary/aromatic N) is 2. The van der Waals surface area contributed by atoms with E-state index in [4.69, 9.17) is 9.72 Å². The van der Waals surface area contributed by atoms with Crippen molar-refractivity contribution in [3.63, 3.8) is 0 Å². The van der Waals surface area contributed by atoms with Crippen LogP contribution in [0.3, 0.4) is 0 Å². The maximum absolute atomic E-state index is 5.40. The lowest BCUT2D eigenvalue weighted by Gasteiger charge is -2.25. The fourth-order valence-electron chi connectivity index (χ4n) is 2.86. The summed E-state index contributed by atoms with van der Waals surface area (Å²) in [5.74, 6) is 0. The van der Waals surface area contributed by atoms with E-state index in [1.165, 1.54) is 25.5 Å². The number of fused-ring (bicyclic) bond motifs is 1. The monoisotopic (exact) mass is 330 g/mol.